The van der Waals surface area contributed by atoms with Gasteiger partial charge in [0, 0.05) is 21.1 Å². The summed E-state index contributed by atoms with van der Waals surface area (Å²) in [6.07, 6.45) is 1.48. The third kappa shape index (κ3) is 2.68. The molecule has 0 aromatic carbocycles. The predicted molar refractivity (Wildman–Crippen MR) is 66.7 cm³/mol. The lowest BCUT2D eigenvalue weighted by Crippen LogP contribution is -1.97. The minimum Gasteiger partial charge on any atom is -0.387 e. The molecule has 0 aliphatic heterocycles. The van der Waals surface area contributed by atoms with E-state index in [1.807, 2.05) is 17.5 Å². The summed E-state index contributed by atoms with van der Waals surface area (Å²) < 4.78 is 0. The first-order valence-electron chi connectivity index (χ1n) is 5.08. The number of hydrogen-bond donors (Lipinski definition) is 1. The van der Waals surface area contributed by atoms with Crippen molar-refractivity contribution in [2.75, 3.05) is 0 Å². The molecule has 0 radical (unpaired) electrons. The molecular formula is C12H14OS2. The molecule has 3 heteroatoms. The van der Waals surface area contributed by atoms with Gasteiger partial charge in [-0.25, -0.2) is 0 Å². The Labute approximate surface area is 98.0 Å². The van der Waals surface area contributed by atoms with Crippen LogP contribution in [0.1, 0.15) is 27.7 Å². The molecule has 0 fully saturated rings. The molecule has 2 aromatic heterocycles. The molecule has 1 N–H and O–H groups in total. The van der Waals surface area contributed by atoms with Gasteiger partial charge in [0.25, 0.3) is 0 Å². The van der Waals surface area contributed by atoms with Crippen LogP contribution >= 0.6 is 22.7 Å². The van der Waals surface area contributed by atoms with E-state index in [0.29, 0.717) is 0 Å². The zero-order valence-electron chi connectivity index (χ0n) is 8.64. The average molecular weight is 238 g/mol. The van der Waals surface area contributed by atoms with E-state index >= 15 is 0 Å². The second-order valence-electron chi connectivity index (χ2n) is 3.46. The van der Waals surface area contributed by atoms with Crippen LogP contribution in [0, 0.1) is 0 Å². The molecule has 2 rings (SSSR count). The second-order valence-corrected chi connectivity index (χ2v) is 5.69. The molecule has 80 valence electrons. The first kappa shape index (κ1) is 10.9. The van der Waals surface area contributed by atoms with Gasteiger partial charge in [0.2, 0.25) is 0 Å². The van der Waals surface area contributed by atoms with Gasteiger partial charge in [-0.1, -0.05) is 13.0 Å². The Balaban J connectivity index is 2.02. The van der Waals surface area contributed by atoms with E-state index < -0.39 is 0 Å². The van der Waals surface area contributed by atoms with Gasteiger partial charge >= 0.3 is 0 Å². The fourth-order valence-electron chi connectivity index (χ4n) is 1.49. The zero-order chi connectivity index (χ0) is 10.7. The summed E-state index contributed by atoms with van der Waals surface area (Å²) in [6, 6.07) is 8.25. The van der Waals surface area contributed by atoms with Crippen LogP contribution in [-0.2, 0) is 12.8 Å². The van der Waals surface area contributed by atoms with E-state index in [4.69, 9.17) is 0 Å². The van der Waals surface area contributed by atoms with E-state index in [1.54, 1.807) is 22.7 Å². The smallest absolute Gasteiger partial charge is 0.0930 e. The molecule has 15 heavy (non-hydrogen) atoms. The first-order chi connectivity index (χ1) is 7.29. The molecule has 0 saturated carbocycles. The Hall–Kier alpha value is -0.640. The summed E-state index contributed by atoms with van der Waals surface area (Å²) in [5, 5.41) is 12.0. The van der Waals surface area contributed by atoms with Crippen molar-refractivity contribution in [1.29, 1.82) is 0 Å². The number of rotatable bonds is 4. The molecule has 0 amide bonds. The van der Waals surface area contributed by atoms with Gasteiger partial charge in [-0.05, 0) is 30.0 Å². The Morgan fingerprint density at radius 2 is 2.07 bits per heavy atom. The molecule has 2 heterocycles. The van der Waals surface area contributed by atoms with Crippen molar-refractivity contribution in [3.8, 4) is 0 Å². The highest BCUT2D eigenvalue weighted by Crippen LogP contribution is 2.26. The van der Waals surface area contributed by atoms with E-state index in [2.05, 4.69) is 19.1 Å². The van der Waals surface area contributed by atoms with Crippen molar-refractivity contribution >= 4 is 22.7 Å². The van der Waals surface area contributed by atoms with Gasteiger partial charge in [-0.2, -0.15) is 0 Å². The lowest BCUT2D eigenvalue weighted by atomic mass is 10.2. The van der Waals surface area contributed by atoms with E-state index in [0.717, 1.165) is 17.7 Å². The van der Waals surface area contributed by atoms with Crippen LogP contribution in [-0.4, -0.2) is 5.11 Å². The molecule has 0 spiro atoms. The van der Waals surface area contributed by atoms with Gasteiger partial charge in [-0.15, -0.1) is 22.7 Å². The molecular weight excluding hydrogens is 224 g/mol. The number of hydrogen-bond acceptors (Lipinski definition) is 3. The normalized spacial score (nSPS) is 12.9. The highest BCUT2D eigenvalue weighted by molar-refractivity contribution is 7.12. The molecule has 0 bridgehead atoms. The number of aliphatic hydroxyl groups is 1. The van der Waals surface area contributed by atoms with E-state index in [9.17, 15) is 5.11 Å². The Kier molecular flexibility index (Phi) is 3.57. The van der Waals surface area contributed by atoms with Crippen molar-refractivity contribution in [1.82, 2.24) is 0 Å². The maximum Gasteiger partial charge on any atom is 0.0930 e. The summed E-state index contributed by atoms with van der Waals surface area (Å²) in [5.74, 6) is 0. The minimum absolute atomic E-state index is 0.339. The van der Waals surface area contributed by atoms with Gasteiger partial charge in [0.05, 0.1) is 6.10 Å². The van der Waals surface area contributed by atoms with E-state index in [1.165, 1.54) is 9.75 Å². The summed E-state index contributed by atoms with van der Waals surface area (Å²) in [7, 11) is 0. The van der Waals surface area contributed by atoms with Crippen molar-refractivity contribution in [3.05, 3.63) is 44.3 Å². The second kappa shape index (κ2) is 4.92. The Morgan fingerprint density at radius 3 is 2.67 bits per heavy atom. The van der Waals surface area contributed by atoms with Crippen LogP contribution in [0.15, 0.2) is 29.6 Å². The third-order valence-corrected chi connectivity index (χ3v) is 4.56. The zero-order valence-corrected chi connectivity index (χ0v) is 10.3. The quantitative estimate of drug-likeness (QED) is 0.862. The van der Waals surface area contributed by atoms with Crippen LogP contribution in [0.3, 0.4) is 0 Å². The summed E-state index contributed by atoms with van der Waals surface area (Å²) in [4.78, 5) is 3.72. The topological polar surface area (TPSA) is 20.2 Å². The Bertz CT molecular complexity index is 403. The fraction of sp³-hybridized carbons (Fsp3) is 0.333. The Morgan fingerprint density at radius 1 is 1.27 bits per heavy atom. The van der Waals surface area contributed by atoms with Crippen LogP contribution < -0.4 is 0 Å². The molecule has 1 atom stereocenters. The molecule has 2 aromatic rings. The fourth-order valence-corrected chi connectivity index (χ4v) is 3.20. The van der Waals surface area contributed by atoms with Crippen molar-refractivity contribution < 1.29 is 5.11 Å². The standard InChI is InChI=1S/C12H14OS2/c1-2-9-5-6-10(15-9)8-11(13)12-4-3-7-14-12/h3-7,11,13H,2,8H2,1H3. The van der Waals surface area contributed by atoms with Crippen molar-refractivity contribution in [3.63, 3.8) is 0 Å². The SMILES string of the molecule is CCc1ccc(CC(O)c2cccs2)s1. The van der Waals surface area contributed by atoms with Crippen LogP contribution in [0.5, 0.6) is 0 Å². The maximum atomic E-state index is 9.96. The molecule has 0 aliphatic carbocycles. The summed E-state index contributed by atoms with van der Waals surface area (Å²) in [5.41, 5.74) is 0. The van der Waals surface area contributed by atoms with Gasteiger partial charge in [0.1, 0.15) is 0 Å². The number of aryl methyl sites for hydroxylation is 1. The van der Waals surface area contributed by atoms with Crippen LogP contribution in [0.4, 0.5) is 0 Å². The maximum absolute atomic E-state index is 9.96. The molecule has 0 saturated heterocycles. The van der Waals surface area contributed by atoms with E-state index in [-0.39, 0.29) is 6.10 Å². The first-order valence-corrected chi connectivity index (χ1v) is 6.78. The summed E-state index contributed by atoms with van der Waals surface area (Å²) in [6.45, 7) is 2.16. The van der Waals surface area contributed by atoms with Crippen LogP contribution in [0.25, 0.3) is 0 Å². The largest absolute Gasteiger partial charge is 0.387 e. The van der Waals surface area contributed by atoms with Crippen molar-refractivity contribution in [2.24, 2.45) is 0 Å². The third-order valence-electron chi connectivity index (χ3n) is 2.33. The molecule has 1 unspecified atom stereocenters. The molecule has 1 nitrogen and oxygen atoms in total. The highest BCUT2D eigenvalue weighted by atomic mass is 32.1. The lowest BCUT2D eigenvalue weighted by Gasteiger charge is -2.05. The van der Waals surface area contributed by atoms with Gasteiger partial charge in [0.15, 0.2) is 0 Å². The van der Waals surface area contributed by atoms with Gasteiger partial charge < -0.3 is 5.11 Å². The lowest BCUT2D eigenvalue weighted by molar-refractivity contribution is 0.183. The van der Waals surface area contributed by atoms with Crippen LogP contribution in [0.2, 0.25) is 0 Å². The summed E-state index contributed by atoms with van der Waals surface area (Å²) >= 11 is 3.42. The number of thiophene rings is 2. The van der Waals surface area contributed by atoms with Gasteiger partial charge in [-0.3, -0.25) is 0 Å². The average Bonchev–Trinajstić information content (AvgIpc) is 2.87. The predicted octanol–water partition coefficient (Wildman–Crippen LogP) is 3.65. The number of aliphatic hydroxyl groups excluding tert-OH is 1. The highest BCUT2D eigenvalue weighted by Gasteiger charge is 2.10. The minimum atomic E-state index is -0.339. The molecule has 0 aliphatic rings. The monoisotopic (exact) mass is 238 g/mol. The van der Waals surface area contributed by atoms with Crippen molar-refractivity contribution in [2.45, 2.75) is 25.9 Å².